The molecule has 0 amide bonds. The van der Waals surface area contributed by atoms with Gasteiger partial charge in [0.25, 0.3) is 0 Å². The lowest BCUT2D eigenvalue weighted by molar-refractivity contribution is 0.0963. The SMILES string of the molecule is O=C(CN1C=CSC1)c1ccccc1. The fraction of sp³-hybridized carbons (Fsp3) is 0.182. The molecule has 1 aliphatic heterocycles. The van der Waals surface area contributed by atoms with E-state index in [4.69, 9.17) is 0 Å². The van der Waals surface area contributed by atoms with Crippen molar-refractivity contribution in [2.75, 3.05) is 12.4 Å². The zero-order valence-corrected chi connectivity index (χ0v) is 8.54. The van der Waals surface area contributed by atoms with Crippen LogP contribution in [0.3, 0.4) is 0 Å². The predicted octanol–water partition coefficient (Wildman–Crippen LogP) is 2.35. The second-order valence-corrected chi connectivity index (χ2v) is 3.98. The third-order valence-electron chi connectivity index (χ3n) is 2.05. The van der Waals surface area contributed by atoms with E-state index < -0.39 is 0 Å². The molecule has 0 fully saturated rings. The fourth-order valence-corrected chi connectivity index (χ4v) is 2.02. The number of benzene rings is 1. The van der Waals surface area contributed by atoms with Crippen molar-refractivity contribution in [3.05, 3.63) is 47.5 Å². The van der Waals surface area contributed by atoms with Crippen LogP contribution in [0.1, 0.15) is 10.4 Å². The van der Waals surface area contributed by atoms with Gasteiger partial charge in [0.2, 0.25) is 0 Å². The maximum atomic E-state index is 11.7. The molecule has 2 rings (SSSR count). The number of rotatable bonds is 3. The molecule has 0 saturated heterocycles. The molecule has 0 radical (unpaired) electrons. The molecule has 14 heavy (non-hydrogen) atoms. The summed E-state index contributed by atoms with van der Waals surface area (Å²) >= 11 is 1.71. The number of hydrogen-bond acceptors (Lipinski definition) is 3. The smallest absolute Gasteiger partial charge is 0.182 e. The zero-order valence-electron chi connectivity index (χ0n) is 7.72. The highest BCUT2D eigenvalue weighted by atomic mass is 32.2. The van der Waals surface area contributed by atoms with Gasteiger partial charge in [-0.3, -0.25) is 4.79 Å². The summed E-state index contributed by atoms with van der Waals surface area (Å²) in [5.41, 5.74) is 0.790. The molecule has 1 heterocycles. The number of carbonyl (C=O) groups is 1. The summed E-state index contributed by atoms with van der Waals surface area (Å²) < 4.78 is 0. The Morgan fingerprint density at radius 1 is 1.36 bits per heavy atom. The lowest BCUT2D eigenvalue weighted by Gasteiger charge is -2.12. The fourth-order valence-electron chi connectivity index (χ4n) is 1.31. The molecule has 2 nitrogen and oxygen atoms in total. The van der Waals surface area contributed by atoms with Crippen LogP contribution in [-0.4, -0.2) is 23.1 Å². The molecule has 0 unspecified atom stereocenters. The molecule has 3 heteroatoms. The Labute approximate surface area is 87.6 Å². The maximum absolute atomic E-state index is 11.7. The van der Waals surface area contributed by atoms with Crippen molar-refractivity contribution in [3.63, 3.8) is 0 Å². The van der Waals surface area contributed by atoms with E-state index in [1.54, 1.807) is 11.8 Å². The highest BCUT2D eigenvalue weighted by Crippen LogP contribution is 2.15. The first-order chi connectivity index (χ1) is 6.86. The van der Waals surface area contributed by atoms with Crippen molar-refractivity contribution in [2.24, 2.45) is 0 Å². The first-order valence-electron chi connectivity index (χ1n) is 4.47. The predicted molar refractivity (Wildman–Crippen MR) is 59.1 cm³/mol. The molecule has 0 aromatic heterocycles. The Morgan fingerprint density at radius 3 is 2.79 bits per heavy atom. The van der Waals surface area contributed by atoms with E-state index in [0.717, 1.165) is 11.4 Å². The number of ketones is 1. The largest absolute Gasteiger partial charge is 0.360 e. The van der Waals surface area contributed by atoms with Crippen LogP contribution in [-0.2, 0) is 0 Å². The van der Waals surface area contributed by atoms with Gasteiger partial charge in [-0.05, 0) is 5.41 Å². The molecule has 0 N–H and O–H groups in total. The molecule has 1 aromatic rings. The van der Waals surface area contributed by atoms with E-state index in [9.17, 15) is 4.79 Å². The summed E-state index contributed by atoms with van der Waals surface area (Å²) in [5.74, 6) is 1.07. The molecule has 0 atom stereocenters. The van der Waals surface area contributed by atoms with Crippen molar-refractivity contribution < 1.29 is 4.79 Å². The first-order valence-corrected chi connectivity index (χ1v) is 5.52. The van der Waals surface area contributed by atoms with Gasteiger partial charge in [0.15, 0.2) is 5.78 Å². The third kappa shape index (κ3) is 2.17. The van der Waals surface area contributed by atoms with Crippen molar-refractivity contribution in [2.45, 2.75) is 0 Å². The van der Waals surface area contributed by atoms with E-state index in [1.807, 2.05) is 46.8 Å². The highest BCUT2D eigenvalue weighted by molar-refractivity contribution is 8.02. The normalized spacial score (nSPS) is 14.7. The van der Waals surface area contributed by atoms with E-state index in [2.05, 4.69) is 0 Å². The van der Waals surface area contributed by atoms with Gasteiger partial charge in [-0.15, -0.1) is 11.8 Å². The van der Waals surface area contributed by atoms with Crippen LogP contribution in [0.25, 0.3) is 0 Å². The maximum Gasteiger partial charge on any atom is 0.182 e. The van der Waals surface area contributed by atoms with Crippen LogP contribution in [0.15, 0.2) is 41.9 Å². The lowest BCUT2D eigenvalue weighted by Crippen LogP contribution is -2.22. The summed E-state index contributed by atoms with van der Waals surface area (Å²) in [6.07, 6.45) is 1.96. The Kier molecular flexibility index (Phi) is 2.89. The Hall–Kier alpha value is -1.22. The minimum atomic E-state index is 0.178. The molecule has 0 aliphatic carbocycles. The van der Waals surface area contributed by atoms with E-state index in [1.165, 1.54) is 0 Å². The number of Topliss-reactive ketones (excluding diaryl/α,β-unsaturated/α-hetero) is 1. The number of nitrogens with zero attached hydrogens (tertiary/aromatic N) is 1. The van der Waals surface area contributed by atoms with Gasteiger partial charge in [-0.2, -0.15) is 0 Å². The summed E-state index contributed by atoms with van der Waals surface area (Å²) in [4.78, 5) is 13.7. The van der Waals surface area contributed by atoms with Crippen molar-refractivity contribution in [1.82, 2.24) is 4.90 Å². The van der Waals surface area contributed by atoms with E-state index in [0.29, 0.717) is 6.54 Å². The van der Waals surface area contributed by atoms with Gasteiger partial charge in [0, 0.05) is 11.8 Å². The zero-order chi connectivity index (χ0) is 9.80. The van der Waals surface area contributed by atoms with Crippen molar-refractivity contribution >= 4 is 17.5 Å². The van der Waals surface area contributed by atoms with Gasteiger partial charge < -0.3 is 4.90 Å². The van der Waals surface area contributed by atoms with Crippen LogP contribution >= 0.6 is 11.8 Å². The van der Waals surface area contributed by atoms with Gasteiger partial charge in [0.1, 0.15) is 0 Å². The quantitative estimate of drug-likeness (QED) is 0.706. The van der Waals surface area contributed by atoms with Crippen molar-refractivity contribution in [3.8, 4) is 0 Å². The molecular formula is C11H11NOS. The summed E-state index contributed by atoms with van der Waals surface area (Å²) in [6.45, 7) is 0.480. The minimum absolute atomic E-state index is 0.178. The topological polar surface area (TPSA) is 20.3 Å². The van der Waals surface area contributed by atoms with Gasteiger partial charge in [-0.1, -0.05) is 30.3 Å². The standard InChI is InChI=1S/C11H11NOS/c13-11(8-12-6-7-14-9-12)10-4-2-1-3-5-10/h1-7H,8-9H2. The van der Waals surface area contributed by atoms with E-state index in [-0.39, 0.29) is 5.78 Å². The van der Waals surface area contributed by atoms with Gasteiger partial charge in [0.05, 0.1) is 12.4 Å². The Bertz CT molecular complexity index is 348. The number of carbonyl (C=O) groups excluding carboxylic acids is 1. The van der Waals surface area contributed by atoms with Gasteiger partial charge in [-0.25, -0.2) is 0 Å². The van der Waals surface area contributed by atoms with Crippen LogP contribution in [0, 0.1) is 0 Å². The van der Waals surface area contributed by atoms with Crippen LogP contribution in [0.4, 0.5) is 0 Å². The molecule has 72 valence electrons. The minimum Gasteiger partial charge on any atom is -0.360 e. The number of thioether (sulfide) groups is 1. The Morgan fingerprint density at radius 2 is 2.14 bits per heavy atom. The molecule has 1 aromatic carbocycles. The second-order valence-electron chi connectivity index (χ2n) is 3.12. The highest BCUT2D eigenvalue weighted by Gasteiger charge is 2.11. The van der Waals surface area contributed by atoms with Gasteiger partial charge >= 0.3 is 0 Å². The average Bonchev–Trinajstić information content (AvgIpc) is 2.72. The lowest BCUT2D eigenvalue weighted by atomic mass is 10.1. The Balaban J connectivity index is 1.99. The summed E-state index contributed by atoms with van der Waals surface area (Å²) in [5, 5.41) is 2.01. The summed E-state index contributed by atoms with van der Waals surface area (Å²) in [7, 11) is 0. The summed E-state index contributed by atoms with van der Waals surface area (Å²) in [6, 6.07) is 9.41. The average molecular weight is 205 g/mol. The van der Waals surface area contributed by atoms with Crippen LogP contribution in [0.2, 0.25) is 0 Å². The number of hydrogen-bond donors (Lipinski definition) is 0. The molecule has 0 saturated carbocycles. The monoisotopic (exact) mass is 205 g/mol. The molecular weight excluding hydrogens is 194 g/mol. The van der Waals surface area contributed by atoms with Crippen LogP contribution in [0.5, 0.6) is 0 Å². The molecule has 1 aliphatic rings. The molecule has 0 spiro atoms. The van der Waals surface area contributed by atoms with E-state index >= 15 is 0 Å². The second kappa shape index (κ2) is 4.33. The molecule has 0 bridgehead atoms. The van der Waals surface area contributed by atoms with Crippen LogP contribution < -0.4 is 0 Å². The third-order valence-corrected chi connectivity index (χ3v) is 2.85. The van der Waals surface area contributed by atoms with Crippen molar-refractivity contribution in [1.29, 1.82) is 0 Å². The first kappa shape index (κ1) is 9.34.